The fraction of sp³-hybridized carbons (Fsp3) is 0.286. The summed E-state index contributed by atoms with van der Waals surface area (Å²) >= 11 is 0. The Bertz CT molecular complexity index is 938. The lowest BCUT2D eigenvalue weighted by Crippen LogP contribution is -2.46. The number of anilines is 1. The van der Waals surface area contributed by atoms with Gasteiger partial charge in [0.2, 0.25) is 0 Å². The number of carbonyl (C=O) groups excluding carboxylic acids is 1. The topological polar surface area (TPSA) is 66.3 Å². The summed E-state index contributed by atoms with van der Waals surface area (Å²) in [4.78, 5) is 25.4. The quantitative estimate of drug-likeness (QED) is 0.763. The molecule has 4 rings (SSSR count). The molecule has 0 unspecified atom stereocenters. The Balaban J connectivity index is 1.42. The molecule has 7 nitrogen and oxygen atoms in total. The summed E-state index contributed by atoms with van der Waals surface area (Å²) in [5.74, 6) is 0.799. The Morgan fingerprint density at radius 3 is 2.86 bits per heavy atom. The number of nitrogens with zero attached hydrogens (tertiary/aromatic N) is 5. The molecule has 0 radical (unpaired) electrons. The van der Waals surface area contributed by atoms with Gasteiger partial charge in [-0.2, -0.15) is 0 Å². The molecule has 3 aromatic rings. The van der Waals surface area contributed by atoms with Crippen LogP contribution in [-0.2, 0) is 13.1 Å². The average molecular weight is 376 g/mol. The molecule has 2 amide bonds. The number of para-hydroxylation sites is 1. The number of urea groups is 1. The van der Waals surface area contributed by atoms with E-state index in [1.807, 2.05) is 39.9 Å². The number of aromatic nitrogens is 3. The second-order valence-corrected chi connectivity index (χ2v) is 7.14. The van der Waals surface area contributed by atoms with Crippen LogP contribution in [-0.4, -0.2) is 45.1 Å². The first kappa shape index (κ1) is 18.0. The summed E-state index contributed by atoms with van der Waals surface area (Å²) in [6, 6.07) is 12.2. The molecule has 2 aromatic heterocycles. The van der Waals surface area contributed by atoms with E-state index in [0.29, 0.717) is 13.1 Å². The number of carbonyl (C=O) groups is 1. The second-order valence-electron chi connectivity index (χ2n) is 7.14. The number of hydrogen-bond donors (Lipinski definition) is 1. The Kier molecular flexibility index (Phi) is 4.97. The van der Waals surface area contributed by atoms with Crippen molar-refractivity contribution in [2.75, 3.05) is 18.5 Å². The number of fused-ring (bicyclic) bond motifs is 1. The van der Waals surface area contributed by atoms with Crippen LogP contribution in [0.15, 0.2) is 61.3 Å². The van der Waals surface area contributed by atoms with Crippen LogP contribution < -0.4 is 10.2 Å². The molecule has 28 heavy (non-hydrogen) atoms. The molecule has 1 N–H and O–H groups in total. The summed E-state index contributed by atoms with van der Waals surface area (Å²) in [6.45, 7) is 3.93. The molecule has 0 aliphatic carbocycles. The predicted octanol–water partition coefficient (Wildman–Crippen LogP) is 2.82. The fourth-order valence-electron chi connectivity index (χ4n) is 3.57. The molecule has 3 heterocycles. The van der Waals surface area contributed by atoms with Gasteiger partial charge >= 0.3 is 6.03 Å². The molecule has 0 bridgehead atoms. The summed E-state index contributed by atoms with van der Waals surface area (Å²) in [5.41, 5.74) is 3.30. The summed E-state index contributed by atoms with van der Waals surface area (Å²) in [7, 11) is 2.07. The molecule has 1 aromatic carbocycles. The predicted molar refractivity (Wildman–Crippen MR) is 108 cm³/mol. The largest absolute Gasteiger partial charge is 0.372 e. The smallest absolute Gasteiger partial charge is 0.318 e. The zero-order valence-electron chi connectivity index (χ0n) is 16.1. The van der Waals surface area contributed by atoms with Crippen molar-refractivity contribution in [2.45, 2.75) is 26.1 Å². The maximum atomic E-state index is 12.9. The Labute approximate surface area is 164 Å². The van der Waals surface area contributed by atoms with Crippen LogP contribution in [0.25, 0.3) is 5.82 Å². The number of hydrogen-bond acceptors (Lipinski definition) is 4. The van der Waals surface area contributed by atoms with Gasteiger partial charge in [-0.05, 0) is 30.2 Å². The van der Waals surface area contributed by atoms with Gasteiger partial charge < -0.3 is 15.1 Å². The second kappa shape index (κ2) is 7.72. The molecule has 7 heteroatoms. The van der Waals surface area contributed by atoms with Crippen LogP contribution in [0.3, 0.4) is 0 Å². The van der Waals surface area contributed by atoms with Crippen LogP contribution in [0.1, 0.15) is 18.1 Å². The zero-order chi connectivity index (χ0) is 19.5. The molecule has 1 aliphatic heterocycles. The van der Waals surface area contributed by atoms with Crippen molar-refractivity contribution < 1.29 is 4.79 Å². The van der Waals surface area contributed by atoms with Crippen LogP contribution in [0.4, 0.5) is 10.5 Å². The van der Waals surface area contributed by atoms with Gasteiger partial charge in [0.1, 0.15) is 12.1 Å². The van der Waals surface area contributed by atoms with Crippen molar-refractivity contribution in [3.05, 3.63) is 72.4 Å². The van der Waals surface area contributed by atoms with E-state index in [9.17, 15) is 4.79 Å². The van der Waals surface area contributed by atoms with Crippen LogP contribution in [0, 0.1) is 0 Å². The normalized spacial score (nSPS) is 16.4. The van der Waals surface area contributed by atoms with E-state index in [0.717, 1.165) is 23.5 Å². The van der Waals surface area contributed by atoms with E-state index >= 15 is 0 Å². The Hall–Kier alpha value is -3.35. The highest BCUT2D eigenvalue weighted by Gasteiger charge is 2.26. The zero-order valence-corrected chi connectivity index (χ0v) is 16.1. The van der Waals surface area contributed by atoms with E-state index in [-0.39, 0.29) is 12.1 Å². The van der Waals surface area contributed by atoms with Gasteiger partial charge in [0.15, 0.2) is 0 Å². The van der Waals surface area contributed by atoms with Crippen LogP contribution in [0.2, 0.25) is 0 Å². The van der Waals surface area contributed by atoms with E-state index in [4.69, 9.17) is 0 Å². The van der Waals surface area contributed by atoms with Gasteiger partial charge in [0, 0.05) is 57.0 Å². The average Bonchev–Trinajstić information content (AvgIpc) is 3.21. The highest BCUT2D eigenvalue weighted by Crippen LogP contribution is 2.26. The third-order valence-corrected chi connectivity index (χ3v) is 5.10. The summed E-state index contributed by atoms with van der Waals surface area (Å²) in [5, 5.41) is 3.04. The minimum atomic E-state index is -0.0590. The molecule has 0 fully saturated rings. The van der Waals surface area contributed by atoms with Gasteiger partial charge in [0.05, 0.1) is 0 Å². The van der Waals surface area contributed by atoms with Crippen molar-refractivity contribution in [1.29, 1.82) is 0 Å². The molecule has 144 valence electrons. The van der Waals surface area contributed by atoms with E-state index in [1.165, 1.54) is 5.69 Å². The lowest BCUT2D eigenvalue weighted by Gasteiger charge is -2.28. The van der Waals surface area contributed by atoms with E-state index < -0.39 is 0 Å². The number of nitrogens with one attached hydrogen (secondary N) is 1. The molecule has 0 spiro atoms. The highest BCUT2D eigenvalue weighted by atomic mass is 16.2. The fourth-order valence-corrected chi connectivity index (χ4v) is 3.57. The number of likely N-dealkylation sites (N-methyl/N-ethyl adjacent to an activating group) is 1. The van der Waals surface area contributed by atoms with Crippen LogP contribution >= 0.6 is 0 Å². The number of benzene rings is 1. The highest BCUT2D eigenvalue weighted by molar-refractivity contribution is 5.75. The summed E-state index contributed by atoms with van der Waals surface area (Å²) < 4.78 is 1.84. The SMILES string of the molecule is C[C@H]1CN(C)c2ccccc2CN1C(=O)NCc1ccc(-n2ccnc2)nc1. The number of imidazole rings is 1. The maximum absolute atomic E-state index is 12.9. The maximum Gasteiger partial charge on any atom is 0.318 e. The molecular formula is C21H24N6O. The van der Waals surface area contributed by atoms with Crippen molar-refractivity contribution in [3.8, 4) is 5.82 Å². The Morgan fingerprint density at radius 1 is 1.25 bits per heavy atom. The lowest BCUT2D eigenvalue weighted by atomic mass is 10.1. The van der Waals surface area contributed by atoms with Crippen molar-refractivity contribution in [2.24, 2.45) is 0 Å². The monoisotopic (exact) mass is 376 g/mol. The molecule has 0 saturated carbocycles. The van der Waals surface area contributed by atoms with Gasteiger partial charge in [-0.1, -0.05) is 24.3 Å². The van der Waals surface area contributed by atoms with Crippen LogP contribution in [0.5, 0.6) is 0 Å². The lowest BCUT2D eigenvalue weighted by molar-refractivity contribution is 0.178. The molecular weight excluding hydrogens is 352 g/mol. The first-order valence-electron chi connectivity index (χ1n) is 9.38. The first-order valence-corrected chi connectivity index (χ1v) is 9.38. The molecule has 1 atom stereocenters. The Morgan fingerprint density at radius 2 is 2.11 bits per heavy atom. The third-order valence-electron chi connectivity index (χ3n) is 5.10. The summed E-state index contributed by atoms with van der Waals surface area (Å²) in [6.07, 6.45) is 7.05. The standard InChI is InChI=1S/C21H24N6O/c1-16-13-25(2)19-6-4-3-5-18(19)14-27(16)21(28)24-12-17-7-8-20(23-11-17)26-10-9-22-15-26/h3-11,15-16H,12-14H2,1-2H3,(H,24,28)/t16-/m0/s1. The van der Waals surface area contributed by atoms with Gasteiger partial charge in [-0.3, -0.25) is 4.57 Å². The van der Waals surface area contributed by atoms with Crippen molar-refractivity contribution in [3.63, 3.8) is 0 Å². The van der Waals surface area contributed by atoms with Crippen molar-refractivity contribution in [1.82, 2.24) is 24.8 Å². The molecule has 0 saturated heterocycles. The van der Waals surface area contributed by atoms with Gasteiger partial charge in [-0.25, -0.2) is 14.8 Å². The number of rotatable bonds is 3. The minimum absolute atomic E-state index is 0.0590. The third kappa shape index (κ3) is 3.69. The minimum Gasteiger partial charge on any atom is -0.372 e. The first-order chi connectivity index (χ1) is 13.6. The van der Waals surface area contributed by atoms with Gasteiger partial charge in [0.25, 0.3) is 0 Å². The van der Waals surface area contributed by atoms with Gasteiger partial charge in [-0.15, -0.1) is 0 Å². The molecule has 1 aliphatic rings. The number of pyridine rings is 1. The van der Waals surface area contributed by atoms with E-state index in [2.05, 4.69) is 46.3 Å². The van der Waals surface area contributed by atoms with E-state index in [1.54, 1.807) is 18.7 Å². The van der Waals surface area contributed by atoms with Crippen molar-refractivity contribution >= 4 is 11.7 Å². The number of amides is 2.